The Kier molecular flexibility index (Phi) is 4.87. The van der Waals surface area contributed by atoms with Crippen LogP contribution in [0.25, 0.3) is 11.3 Å². The monoisotopic (exact) mass is 393 g/mol. The summed E-state index contributed by atoms with van der Waals surface area (Å²) in [6, 6.07) is 5.40. The number of carbonyl (C=O) groups is 2. The van der Waals surface area contributed by atoms with Gasteiger partial charge in [0, 0.05) is 31.5 Å². The van der Waals surface area contributed by atoms with Gasteiger partial charge in [0.2, 0.25) is 0 Å². The maximum absolute atomic E-state index is 12.7. The normalized spacial score (nSPS) is 20.0. The van der Waals surface area contributed by atoms with Gasteiger partial charge in [0.1, 0.15) is 5.69 Å². The Hall–Kier alpha value is -3.49. The molecule has 4 bridgehead atoms. The average Bonchev–Trinajstić information content (AvgIpc) is 3.33. The van der Waals surface area contributed by atoms with Crippen LogP contribution in [0.5, 0.6) is 0 Å². The summed E-state index contributed by atoms with van der Waals surface area (Å²) in [6.45, 7) is 4.73. The predicted molar refractivity (Wildman–Crippen MR) is 107 cm³/mol. The van der Waals surface area contributed by atoms with Crippen LogP contribution in [0.2, 0.25) is 0 Å². The van der Waals surface area contributed by atoms with Crippen LogP contribution in [0, 0.1) is 5.92 Å². The number of aromatic nitrogens is 5. The standard InChI is InChI=1S/C20H23N7O2/c1-12-7-8-21-20(29)18-17(11-26(3)25-18)24-19(28)16-6-4-5-15(23-16)14-9-22-27(10-14)13(12)2/h4-6,9-13H,7-8H2,1-3H3,(H,21,29)(H,24,28). The Morgan fingerprint density at radius 3 is 2.72 bits per heavy atom. The number of hydrogen-bond acceptors (Lipinski definition) is 5. The molecule has 9 nitrogen and oxygen atoms in total. The van der Waals surface area contributed by atoms with Gasteiger partial charge in [-0.1, -0.05) is 13.0 Å². The van der Waals surface area contributed by atoms with E-state index in [9.17, 15) is 9.59 Å². The van der Waals surface area contributed by atoms with Gasteiger partial charge in [-0.3, -0.25) is 19.0 Å². The smallest absolute Gasteiger partial charge is 0.274 e. The zero-order valence-corrected chi connectivity index (χ0v) is 16.6. The van der Waals surface area contributed by atoms with Crippen LogP contribution in [0.15, 0.2) is 36.8 Å². The highest BCUT2D eigenvalue weighted by molar-refractivity contribution is 6.07. The molecule has 150 valence electrons. The van der Waals surface area contributed by atoms with E-state index in [-0.39, 0.29) is 29.3 Å². The number of anilines is 1. The number of fused-ring (bicyclic) bond motifs is 6. The molecule has 3 aromatic heterocycles. The first-order valence-corrected chi connectivity index (χ1v) is 9.57. The number of nitrogens with zero attached hydrogens (tertiary/aromatic N) is 5. The highest BCUT2D eigenvalue weighted by Crippen LogP contribution is 2.24. The van der Waals surface area contributed by atoms with E-state index in [0.29, 0.717) is 17.9 Å². The quantitative estimate of drug-likeness (QED) is 0.609. The molecule has 29 heavy (non-hydrogen) atoms. The van der Waals surface area contributed by atoms with Crippen LogP contribution in [-0.2, 0) is 7.05 Å². The zero-order valence-electron chi connectivity index (χ0n) is 16.6. The SMILES string of the molecule is CC1CCNC(=O)c2nn(C)cc2NC(=O)c2cccc(n2)-c2cnn(c2)C1C. The van der Waals surface area contributed by atoms with Crippen LogP contribution in [0.3, 0.4) is 0 Å². The first-order chi connectivity index (χ1) is 13.9. The molecule has 2 atom stereocenters. The molecule has 4 heterocycles. The van der Waals surface area contributed by atoms with E-state index >= 15 is 0 Å². The van der Waals surface area contributed by atoms with Gasteiger partial charge in [-0.2, -0.15) is 10.2 Å². The summed E-state index contributed by atoms with van der Waals surface area (Å²) in [5.41, 5.74) is 2.29. The molecule has 3 aromatic rings. The van der Waals surface area contributed by atoms with Gasteiger partial charge in [-0.15, -0.1) is 0 Å². The Bertz CT molecular complexity index is 1070. The van der Waals surface area contributed by atoms with Crippen LogP contribution >= 0.6 is 0 Å². The maximum atomic E-state index is 12.7. The Labute approximate surface area is 168 Å². The number of hydrogen-bond donors (Lipinski definition) is 2. The van der Waals surface area contributed by atoms with Crippen molar-refractivity contribution in [3.05, 3.63) is 48.2 Å². The second-order valence-electron chi connectivity index (χ2n) is 7.40. The molecular weight excluding hydrogens is 370 g/mol. The largest absolute Gasteiger partial charge is 0.351 e. The Morgan fingerprint density at radius 1 is 1.10 bits per heavy atom. The molecule has 2 unspecified atom stereocenters. The fourth-order valence-electron chi connectivity index (χ4n) is 3.35. The van der Waals surface area contributed by atoms with E-state index in [4.69, 9.17) is 0 Å². The Morgan fingerprint density at radius 2 is 1.90 bits per heavy atom. The van der Waals surface area contributed by atoms with Crippen molar-refractivity contribution in [2.45, 2.75) is 26.3 Å². The second-order valence-corrected chi connectivity index (χ2v) is 7.40. The molecule has 0 radical (unpaired) electrons. The summed E-state index contributed by atoms with van der Waals surface area (Å²) in [5.74, 6) is -0.440. The van der Waals surface area contributed by atoms with E-state index in [2.05, 4.69) is 39.7 Å². The van der Waals surface area contributed by atoms with Crippen molar-refractivity contribution in [1.29, 1.82) is 0 Å². The highest BCUT2D eigenvalue weighted by atomic mass is 16.2. The summed E-state index contributed by atoms with van der Waals surface area (Å²) in [4.78, 5) is 29.8. The molecule has 2 amide bonds. The van der Waals surface area contributed by atoms with Crippen molar-refractivity contribution in [3.8, 4) is 11.3 Å². The van der Waals surface area contributed by atoms with Gasteiger partial charge in [0.25, 0.3) is 11.8 Å². The summed E-state index contributed by atoms with van der Waals surface area (Å²) < 4.78 is 3.40. The van der Waals surface area contributed by atoms with E-state index < -0.39 is 5.91 Å². The minimum absolute atomic E-state index is 0.144. The van der Waals surface area contributed by atoms with E-state index in [0.717, 1.165) is 12.0 Å². The van der Waals surface area contributed by atoms with E-state index in [1.54, 1.807) is 31.6 Å². The number of rotatable bonds is 0. The second kappa shape index (κ2) is 7.50. The van der Waals surface area contributed by atoms with Crippen LogP contribution in [0.4, 0.5) is 5.69 Å². The molecule has 0 fully saturated rings. The molecule has 1 aliphatic heterocycles. The predicted octanol–water partition coefficient (Wildman–Crippen LogP) is 2.26. The molecule has 9 heteroatoms. The third-order valence-electron chi connectivity index (χ3n) is 5.30. The molecule has 1 aliphatic rings. The molecule has 4 rings (SSSR count). The fraction of sp³-hybridized carbons (Fsp3) is 0.350. The summed E-state index contributed by atoms with van der Waals surface area (Å²) in [7, 11) is 1.70. The van der Waals surface area contributed by atoms with Crippen molar-refractivity contribution in [2.24, 2.45) is 13.0 Å². The lowest BCUT2D eigenvalue weighted by Gasteiger charge is -2.20. The van der Waals surface area contributed by atoms with Gasteiger partial charge in [0.15, 0.2) is 5.69 Å². The number of aryl methyl sites for hydroxylation is 1. The Balaban J connectivity index is 1.75. The molecule has 0 aliphatic carbocycles. The van der Waals surface area contributed by atoms with Crippen molar-refractivity contribution in [2.75, 3.05) is 11.9 Å². The van der Waals surface area contributed by atoms with Gasteiger partial charge >= 0.3 is 0 Å². The number of nitrogens with one attached hydrogen (secondary N) is 2. The van der Waals surface area contributed by atoms with Gasteiger partial charge in [0.05, 0.1) is 23.6 Å². The third kappa shape index (κ3) is 3.75. The van der Waals surface area contributed by atoms with Crippen molar-refractivity contribution < 1.29 is 9.59 Å². The molecule has 2 N–H and O–H groups in total. The van der Waals surface area contributed by atoms with E-state index in [1.165, 1.54) is 4.68 Å². The number of carbonyl (C=O) groups excluding carboxylic acids is 2. The molecule has 0 spiro atoms. The summed E-state index contributed by atoms with van der Waals surface area (Å²) in [5, 5.41) is 14.3. The topological polar surface area (TPSA) is 107 Å². The van der Waals surface area contributed by atoms with Crippen molar-refractivity contribution in [1.82, 2.24) is 29.9 Å². The van der Waals surface area contributed by atoms with Crippen LogP contribution < -0.4 is 10.6 Å². The fourth-order valence-corrected chi connectivity index (χ4v) is 3.35. The highest BCUT2D eigenvalue weighted by Gasteiger charge is 2.21. The minimum Gasteiger partial charge on any atom is -0.351 e. The lowest BCUT2D eigenvalue weighted by atomic mass is 10.00. The summed E-state index contributed by atoms with van der Waals surface area (Å²) >= 11 is 0. The average molecular weight is 393 g/mol. The van der Waals surface area contributed by atoms with E-state index in [1.807, 2.05) is 16.9 Å². The van der Waals surface area contributed by atoms with Crippen molar-refractivity contribution in [3.63, 3.8) is 0 Å². The van der Waals surface area contributed by atoms with Crippen molar-refractivity contribution >= 4 is 17.5 Å². The number of amides is 2. The van der Waals surface area contributed by atoms with Crippen LogP contribution in [0.1, 0.15) is 47.3 Å². The molecular formula is C20H23N7O2. The van der Waals surface area contributed by atoms with Gasteiger partial charge < -0.3 is 10.6 Å². The zero-order chi connectivity index (χ0) is 20.5. The third-order valence-corrected chi connectivity index (χ3v) is 5.30. The first-order valence-electron chi connectivity index (χ1n) is 9.57. The first kappa shape index (κ1) is 18.9. The van der Waals surface area contributed by atoms with Crippen LogP contribution in [-0.4, -0.2) is 42.9 Å². The van der Waals surface area contributed by atoms with Gasteiger partial charge in [-0.05, 0) is 31.4 Å². The maximum Gasteiger partial charge on any atom is 0.274 e. The minimum atomic E-state index is -0.407. The summed E-state index contributed by atoms with van der Waals surface area (Å²) in [6.07, 6.45) is 6.08. The van der Waals surface area contributed by atoms with Gasteiger partial charge in [-0.25, -0.2) is 4.98 Å². The molecule has 0 aromatic carbocycles. The lowest BCUT2D eigenvalue weighted by molar-refractivity contribution is 0.0945. The molecule has 0 saturated heterocycles. The number of pyridine rings is 1. The lowest BCUT2D eigenvalue weighted by Crippen LogP contribution is -2.28. The molecule has 0 saturated carbocycles.